The highest BCUT2D eigenvalue weighted by atomic mass is 35.5. The number of hydrogen-bond donors (Lipinski definition) is 1. The zero-order valence-corrected chi connectivity index (χ0v) is 7.48. The Morgan fingerprint density at radius 2 is 2.27 bits per heavy atom. The van der Waals surface area contributed by atoms with Crippen molar-refractivity contribution in [2.24, 2.45) is 0 Å². The van der Waals surface area contributed by atoms with Crippen molar-refractivity contribution in [3.8, 4) is 0 Å². The number of nitrogens with zero attached hydrogens (tertiary/aromatic N) is 2. The van der Waals surface area contributed by atoms with Crippen LogP contribution < -0.4 is 5.32 Å². The quantitative estimate of drug-likeness (QED) is 0.723. The van der Waals surface area contributed by atoms with E-state index >= 15 is 0 Å². The monoisotopic (exact) mass is 173 g/mol. The van der Waals surface area contributed by atoms with Crippen molar-refractivity contribution in [3.05, 3.63) is 23.8 Å². The minimum absolute atomic E-state index is 0. The standard InChI is InChI=1S/C7H11N3.ClH/c1-6-9-4-3-7(10-6)5-8-2;/h3-4,8H,5H2,1-2H3;1H. The Labute approximate surface area is 72.7 Å². The van der Waals surface area contributed by atoms with Crippen molar-refractivity contribution in [3.63, 3.8) is 0 Å². The fourth-order valence-corrected chi connectivity index (χ4v) is 0.785. The molecule has 1 aromatic heterocycles. The van der Waals surface area contributed by atoms with Crippen LogP contribution in [-0.2, 0) is 6.54 Å². The largest absolute Gasteiger partial charge is 0.314 e. The molecule has 62 valence electrons. The summed E-state index contributed by atoms with van der Waals surface area (Å²) in [7, 11) is 1.90. The summed E-state index contributed by atoms with van der Waals surface area (Å²) >= 11 is 0. The van der Waals surface area contributed by atoms with Crippen LogP contribution in [0.1, 0.15) is 11.5 Å². The van der Waals surface area contributed by atoms with Gasteiger partial charge in [0.05, 0.1) is 5.69 Å². The molecule has 0 amide bonds. The molecule has 0 saturated heterocycles. The van der Waals surface area contributed by atoms with Gasteiger partial charge in [-0.15, -0.1) is 12.4 Å². The molecule has 0 unspecified atom stereocenters. The van der Waals surface area contributed by atoms with Crippen LogP contribution in [0.25, 0.3) is 0 Å². The predicted molar refractivity (Wildman–Crippen MR) is 46.8 cm³/mol. The highest BCUT2D eigenvalue weighted by Gasteiger charge is 1.91. The first-order valence-electron chi connectivity index (χ1n) is 3.26. The van der Waals surface area contributed by atoms with Crippen molar-refractivity contribution in [1.82, 2.24) is 15.3 Å². The second-order valence-corrected chi connectivity index (χ2v) is 2.13. The van der Waals surface area contributed by atoms with E-state index in [-0.39, 0.29) is 12.4 Å². The number of aromatic nitrogens is 2. The molecule has 0 aliphatic heterocycles. The third-order valence-electron chi connectivity index (χ3n) is 1.19. The lowest BCUT2D eigenvalue weighted by atomic mass is 10.4. The number of halogens is 1. The van der Waals surface area contributed by atoms with E-state index in [0.717, 1.165) is 18.1 Å². The van der Waals surface area contributed by atoms with Gasteiger partial charge in [-0.2, -0.15) is 0 Å². The average Bonchev–Trinajstić information content (AvgIpc) is 1.88. The van der Waals surface area contributed by atoms with Gasteiger partial charge in [0.15, 0.2) is 0 Å². The molecule has 11 heavy (non-hydrogen) atoms. The summed E-state index contributed by atoms with van der Waals surface area (Å²) in [6.45, 7) is 2.70. The van der Waals surface area contributed by atoms with Gasteiger partial charge in [0.1, 0.15) is 5.82 Å². The minimum Gasteiger partial charge on any atom is -0.314 e. The molecule has 0 aliphatic rings. The van der Waals surface area contributed by atoms with Crippen LogP contribution in [0.5, 0.6) is 0 Å². The Kier molecular flexibility index (Phi) is 4.74. The first-order chi connectivity index (χ1) is 4.83. The van der Waals surface area contributed by atoms with Crippen LogP contribution in [0.3, 0.4) is 0 Å². The van der Waals surface area contributed by atoms with Crippen LogP contribution in [0, 0.1) is 6.92 Å². The maximum atomic E-state index is 4.19. The van der Waals surface area contributed by atoms with Gasteiger partial charge in [-0.3, -0.25) is 0 Å². The van der Waals surface area contributed by atoms with Gasteiger partial charge in [-0.05, 0) is 20.0 Å². The van der Waals surface area contributed by atoms with E-state index in [4.69, 9.17) is 0 Å². The van der Waals surface area contributed by atoms with Gasteiger partial charge in [0.2, 0.25) is 0 Å². The van der Waals surface area contributed by atoms with Crippen molar-refractivity contribution in [2.45, 2.75) is 13.5 Å². The molecule has 0 aliphatic carbocycles. The summed E-state index contributed by atoms with van der Waals surface area (Å²) in [6.07, 6.45) is 1.77. The molecule has 0 atom stereocenters. The van der Waals surface area contributed by atoms with Crippen molar-refractivity contribution >= 4 is 12.4 Å². The van der Waals surface area contributed by atoms with E-state index in [0.29, 0.717) is 0 Å². The van der Waals surface area contributed by atoms with Gasteiger partial charge < -0.3 is 5.32 Å². The van der Waals surface area contributed by atoms with Gasteiger partial charge in [-0.25, -0.2) is 9.97 Å². The van der Waals surface area contributed by atoms with Gasteiger partial charge in [0.25, 0.3) is 0 Å². The SMILES string of the molecule is CNCc1ccnc(C)n1.Cl. The van der Waals surface area contributed by atoms with E-state index in [1.807, 2.05) is 20.0 Å². The van der Waals surface area contributed by atoms with Crippen molar-refractivity contribution in [2.75, 3.05) is 7.05 Å². The second kappa shape index (κ2) is 5.04. The molecule has 0 saturated carbocycles. The number of nitrogens with one attached hydrogen (secondary N) is 1. The second-order valence-electron chi connectivity index (χ2n) is 2.13. The first-order valence-corrected chi connectivity index (χ1v) is 3.26. The lowest BCUT2D eigenvalue weighted by Crippen LogP contribution is -2.07. The van der Waals surface area contributed by atoms with Crippen molar-refractivity contribution in [1.29, 1.82) is 0 Å². The first kappa shape index (κ1) is 10.3. The van der Waals surface area contributed by atoms with Crippen molar-refractivity contribution < 1.29 is 0 Å². The molecule has 0 radical (unpaired) electrons. The number of aryl methyl sites for hydroxylation is 1. The average molecular weight is 174 g/mol. The lowest BCUT2D eigenvalue weighted by Gasteiger charge is -1.97. The molecule has 0 bridgehead atoms. The van der Waals surface area contributed by atoms with Gasteiger partial charge in [0, 0.05) is 12.7 Å². The molecule has 0 spiro atoms. The summed E-state index contributed by atoms with van der Waals surface area (Å²) in [5.41, 5.74) is 1.04. The summed E-state index contributed by atoms with van der Waals surface area (Å²) < 4.78 is 0. The molecule has 4 heteroatoms. The summed E-state index contributed by atoms with van der Waals surface area (Å²) in [5, 5.41) is 3.02. The van der Waals surface area contributed by atoms with Crippen LogP contribution in [0.4, 0.5) is 0 Å². The van der Waals surface area contributed by atoms with Crippen LogP contribution in [-0.4, -0.2) is 17.0 Å². The lowest BCUT2D eigenvalue weighted by molar-refractivity contribution is 0.778. The van der Waals surface area contributed by atoms with E-state index in [9.17, 15) is 0 Å². The Balaban J connectivity index is 0.000001000. The molecular weight excluding hydrogens is 162 g/mol. The number of hydrogen-bond acceptors (Lipinski definition) is 3. The predicted octanol–water partition coefficient (Wildman–Crippen LogP) is 0.926. The molecule has 3 nitrogen and oxygen atoms in total. The van der Waals surface area contributed by atoms with E-state index < -0.39 is 0 Å². The van der Waals surface area contributed by atoms with Crippen LogP contribution in [0.2, 0.25) is 0 Å². The van der Waals surface area contributed by atoms with Gasteiger partial charge in [-0.1, -0.05) is 0 Å². The molecule has 0 aromatic carbocycles. The Hall–Kier alpha value is -0.670. The van der Waals surface area contributed by atoms with Crippen LogP contribution in [0.15, 0.2) is 12.3 Å². The fourth-order valence-electron chi connectivity index (χ4n) is 0.785. The normalized spacial score (nSPS) is 8.91. The molecule has 1 heterocycles. The molecule has 1 aromatic rings. The Morgan fingerprint density at radius 3 is 2.82 bits per heavy atom. The van der Waals surface area contributed by atoms with Gasteiger partial charge >= 0.3 is 0 Å². The molecule has 1 rings (SSSR count). The Morgan fingerprint density at radius 1 is 1.55 bits per heavy atom. The minimum atomic E-state index is 0. The highest BCUT2D eigenvalue weighted by Crippen LogP contribution is 1.92. The zero-order chi connectivity index (χ0) is 7.40. The van der Waals surface area contributed by atoms with Crippen LogP contribution >= 0.6 is 12.4 Å². The zero-order valence-electron chi connectivity index (χ0n) is 6.66. The number of rotatable bonds is 2. The Bertz CT molecular complexity index is 215. The third-order valence-corrected chi connectivity index (χ3v) is 1.19. The molecule has 1 N–H and O–H groups in total. The maximum Gasteiger partial charge on any atom is 0.125 e. The summed E-state index contributed by atoms with van der Waals surface area (Å²) in [4.78, 5) is 8.17. The molecule has 0 fully saturated rings. The maximum absolute atomic E-state index is 4.19. The molecular formula is C7H12ClN3. The third kappa shape index (κ3) is 3.30. The summed E-state index contributed by atoms with van der Waals surface area (Å²) in [5.74, 6) is 0.827. The highest BCUT2D eigenvalue weighted by molar-refractivity contribution is 5.85. The topological polar surface area (TPSA) is 37.8 Å². The summed E-state index contributed by atoms with van der Waals surface area (Å²) in [6, 6.07) is 1.91. The van der Waals surface area contributed by atoms with E-state index in [1.165, 1.54) is 0 Å². The smallest absolute Gasteiger partial charge is 0.125 e. The van der Waals surface area contributed by atoms with E-state index in [1.54, 1.807) is 6.20 Å². The van der Waals surface area contributed by atoms with E-state index in [2.05, 4.69) is 15.3 Å². The fraction of sp³-hybridized carbons (Fsp3) is 0.429.